The Morgan fingerprint density at radius 2 is 1.81 bits per heavy atom. The molecule has 0 radical (unpaired) electrons. The molecule has 8 heteroatoms. The van der Waals surface area contributed by atoms with Gasteiger partial charge in [-0.05, 0) is 6.42 Å². The average molecular weight is 238 g/mol. The number of carbonyl (C=O) groups is 2. The average Bonchev–Trinajstić information content (AvgIpc) is 2.26. The summed E-state index contributed by atoms with van der Waals surface area (Å²) < 4.78 is 4.23. The van der Waals surface area contributed by atoms with Crippen molar-refractivity contribution in [2.75, 3.05) is 19.8 Å². The lowest BCUT2D eigenvalue weighted by molar-refractivity contribution is -0.276. The summed E-state index contributed by atoms with van der Waals surface area (Å²) in [6.07, 6.45) is -1.25. The number of esters is 1. The van der Waals surface area contributed by atoms with Gasteiger partial charge in [-0.1, -0.05) is 0 Å². The Kier molecular flexibility index (Phi) is 8.35. The van der Waals surface area contributed by atoms with E-state index in [1.54, 1.807) is 0 Å². The molecule has 16 heavy (non-hydrogen) atoms. The van der Waals surface area contributed by atoms with E-state index < -0.39 is 18.2 Å². The highest BCUT2D eigenvalue weighted by Crippen LogP contribution is 1.99. The van der Waals surface area contributed by atoms with Gasteiger partial charge in [0.15, 0.2) is 0 Å². The summed E-state index contributed by atoms with van der Waals surface area (Å²) in [4.78, 5) is 29.6. The molecule has 0 bridgehead atoms. The standard InChI is InChI=1S/C8H14O8/c9-3-1-2-6(11)15-7(12)8(13)16-14-5-4-10/h6,9-11H,1-5H2. The molecule has 0 aromatic carbocycles. The molecule has 8 nitrogen and oxygen atoms in total. The second kappa shape index (κ2) is 9.04. The van der Waals surface area contributed by atoms with E-state index in [1.807, 2.05) is 0 Å². The topological polar surface area (TPSA) is 123 Å². The molecule has 0 spiro atoms. The van der Waals surface area contributed by atoms with Gasteiger partial charge >= 0.3 is 11.9 Å². The van der Waals surface area contributed by atoms with Crippen LogP contribution in [-0.2, 0) is 24.1 Å². The lowest BCUT2D eigenvalue weighted by Crippen LogP contribution is -2.26. The summed E-state index contributed by atoms with van der Waals surface area (Å²) in [7, 11) is 0. The molecule has 0 aromatic rings. The molecule has 3 N–H and O–H groups in total. The molecule has 0 aliphatic heterocycles. The van der Waals surface area contributed by atoms with E-state index in [0.29, 0.717) is 0 Å². The first kappa shape index (κ1) is 14.8. The van der Waals surface area contributed by atoms with E-state index in [9.17, 15) is 9.59 Å². The van der Waals surface area contributed by atoms with Crippen LogP contribution in [0.5, 0.6) is 0 Å². The van der Waals surface area contributed by atoms with Crippen molar-refractivity contribution < 1.29 is 39.4 Å². The van der Waals surface area contributed by atoms with Crippen molar-refractivity contribution in [2.45, 2.75) is 19.1 Å². The lowest BCUT2D eigenvalue weighted by Gasteiger charge is -2.09. The second-order valence-electron chi connectivity index (χ2n) is 2.64. The highest BCUT2D eigenvalue weighted by molar-refractivity contribution is 6.29. The van der Waals surface area contributed by atoms with Gasteiger partial charge in [0.2, 0.25) is 6.29 Å². The van der Waals surface area contributed by atoms with Crippen LogP contribution in [0.1, 0.15) is 12.8 Å². The minimum Gasteiger partial charge on any atom is -0.427 e. The van der Waals surface area contributed by atoms with Crippen LogP contribution >= 0.6 is 0 Å². The van der Waals surface area contributed by atoms with Gasteiger partial charge in [0, 0.05) is 13.0 Å². The maximum Gasteiger partial charge on any atom is 0.449 e. The van der Waals surface area contributed by atoms with Crippen LogP contribution in [0.2, 0.25) is 0 Å². The number of ether oxygens (including phenoxy) is 1. The van der Waals surface area contributed by atoms with E-state index in [2.05, 4.69) is 14.5 Å². The molecule has 0 fully saturated rings. The van der Waals surface area contributed by atoms with E-state index in [-0.39, 0.29) is 32.7 Å². The molecule has 0 rings (SSSR count). The molecule has 1 atom stereocenters. The summed E-state index contributed by atoms with van der Waals surface area (Å²) in [5.41, 5.74) is 0. The van der Waals surface area contributed by atoms with Gasteiger partial charge in [-0.2, -0.15) is 4.89 Å². The zero-order valence-electron chi connectivity index (χ0n) is 8.50. The Balaban J connectivity index is 3.73. The number of aliphatic hydroxyl groups excluding tert-OH is 3. The summed E-state index contributed by atoms with van der Waals surface area (Å²) in [6, 6.07) is 0. The zero-order valence-corrected chi connectivity index (χ0v) is 8.50. The number of aliphatic hydroxyl groups is 3. The first-order valence-electron chi connectivity index (χ1n) is 4.56. The molecule has 0 saturated heterocycles. The third kappa shape index (κ3) is 7.12. The third-order valence-electron chi connectivity index (χ3n) is 1.33. The molecule has 0 aromatic heterocycles. The number of rotatable bonds is 7. The summed E-state index contributed by atoms with van der Waals surface area (Å²) in [5.74, 6) is -2.85. The molecule has 1 unspecified atom stereocenters. The van der Waals surface area contributed by atoms with Gasteiger partial charge in [-0.3, -0.25) is 4.89 Å². The predicted octanol–water partition coefficient (Wildman–Crippen LogP) is -1.91. The first-order chi connectivity index (χ1) is 7.61. The van der Waals surface area contributed by atoms with E-state index in [1.165, 1.54) is 0 Å². The van der Waals surface area contributed by atoms with Crippen molar-refractivity contribution in [3.8, 4) is 0 Å². The van der Waals surface area contributed by atoms with Gasteiger partial charge in [-0.25, -0.2) is 9.59 Å². The molecule has 0 amide bonds. The number of hydrogen-bond acceptors (Lipinski definition) is 8. The molecule has 0 aliphatic rings. The highest BCUT2D eigenvalue weighted by Gasteiger charge is 2.22. The Bertz CT molecular complexity index is 216. The van der Waals surface area contributed by atoms with Gasteiger partial charge < -0.3 is 20.1 Å². The minimum atomic E-state index is -1.48. The van der Waals surface area contributed by atoms with Crippen molar-refractivity contribution in [3.05, 3.63) is 0 Å². The predicted molar refractivity (Wildman–Crippen MR) is 47.5 cm³/mol. The van der Waals surface area contributed by atoms with Crippen molar-refractivity contribution in [1.82, 2.24) is 0 Å². The largest absolute Gasteiger partial charge is 0.449 e. The van der Waals surface area contributed by atoms with Gasteiger partial charge in [0.1, 0.15) is 6.61 Å². The van der Waals surface area contributed by atoms with E-state index in [4.69, 9.17) is 15.3 Å². The molecule has 94 valence electrons. The van der Waals surface area contributed by atoms with Crippen LogP contribution < -0.4 is 0 Å². The van der Waals surface area contributed by atoms with Crippen LogP contribution in [0.3, 0.4) is 0 Å². The molecule has 0 saturated carbocycles. The first-order valence-corrected chi connectivity index (χ1v) is 4.56. The fourth-order valence-electron chi connectivity index (χ4n) is 0.663. The Labute approximate surface area is 91.3 Å². The highest BCUT2D eigenvalue weighted by atomic mass is 17.2. The molecule has 0 heterocycles. The van der Waals surface area contributed by atoms with E-state index in [0.717, 1.165) is 0 Å². The monoisotopic (exact) mass is 238 g/mol. The molecular formula is C8H14O8. The van der Waals surface area contributed by atoms with Crippen molar-refractivity contribution in [2.24, 2.45) is 0 Å². The van der Waals surface area contributed by atoms with Crippen LogP contribution in [0.25, 0.3) is 0 Å². The van der Waals surface area contributed by atoms with Crippen LogP contribution in [-0.4, -0.2) is 53.4 Å². The van der Waals surface area contributed by atoms with Gasteiger partial charge in [0.25, 0.3) is 0 Å². The van der Waals surface area contributed by atoms with Crippen LogP contribution in [0, 0.1) is 0 Å². The lowest BCUT2D eigenvalue weighted by atomic mass is 10.3. The van der Waals surface area contributed by atoms with Gasteiger partial charge in [-0.15, -0.1) is 0 Å². The van der Waals surface area contributed by atoms with Gasteiger partial charge in [0.05, 0.1) is 6.61 Å². The van der Waals surface area contributed by atoms with Crippen molar-refractivity contribution in [3.63, 3.8) is 0 Å². The SMILES string of the molecule is O=C(OOCCO)C(=O)OC(O)CCCO. The summed E-state index contributed by atoms with van der Waals surface area (Å²) in [5, 5.41) is 25.7. The fourth-order valence-corrected chi connectivity index (χ4v) is 0.663. The normalized spacial score (nSPS) is 11.9. The smallest absolute Gasteiger partial charge is 0.427 e. The number of hydrogen-bond donors (Lipinski definition) is 3. The van der Waals surface area contributed by atoms with Crippen LogP contribution in [0.4, 0.5) is 0 Å². The Morgan fingerprint density at radius 1 is 1.12 bits per heavy atom. The fraction of sp³-hybridized carbons (Fsp3) is 0.750. The maximum atomic E-state index is 10.8. The minimum absolute atomic E-state index is 0.00696. The Hall–Kier alpha value is -1.22. The third-order valence-corrected chi connectivity index (χ3v) is 1.33. The Morgan fingerprint density at radius 3 is 2.38 bits per heavy atom. The van der Waals surface area contributed by atoms with Crippen molar-refractivity contribution >= 4 is 11.9 Å². The quantitative estimate of drug-likeness (QED) is 0.117. The van der Waals surface area contributed by atoms with E-state index >= 15 is 0 Å². The maximum absolute atomic E-state index is 10.8. The zero-order chi connectivity index (χ0) is 12.4. The van der Waals surface area contributed by atoms with Crippen LogP contribution in [0.15, 0.2) is 0 Å². The summed E-state index contributed by atoms with van der Waals surface area (Å²) in [6.45, 7) is -0.813. The molecular weight excluding hydrogens is 224 g/mol. The second-order valence-corrected chi connectivity index (χ2v) is 2.64. The summed E-state index contributed by atoms with van der Waals surface area (Å²) >= 11 is 0. The molecule has 0 aliphatic carbocycles. The number of carbonyl (C=O) groups excluding carboxylic acids is 2. The van der Waals surface area contributed by atoms with Crippen molar-refractivity contribution in [1.29, 1.82) is 0 Å².